The second-order valence-electron chi connectivity index (χ2n) is 3.96. The third-order valence-corrected chi connectivity index (χ3v) is 3.61. The van der Waals surface area contributed by atoms with Crippen molar-refractivity contribution in [1.29, 1.82) is 0 Å². The number of likely N-dealkylation sites (N-methyl/N-ethyl adjacent to an activating group) is 1. The van der Waals surface area contributed by atoms with Gasteiger partial charge < -0.3 is 10.0 Å². The molecule has 2 nitrogen and oxygen atoms in total. The van der Waals surface area contributed by atoms with Gasteiger partial charge >= 0.3 is 0 Å². The zero-order valence-corrected chi connectivity index (χ0v) is 9.84. The maximum atomic E-state index is 9.66. The van der Waals surface area contributed by atoms with Crippen LogP contribution in [0.3, 0.4) is 0 Å². The van der Waals surface area contributed by atoms with E-state index in [-0.39, 0.29) is 0 Å². The molecule has 2 aromatic rings. The van der Waals surface area contributed by atoms with Gasteiger partial charge in [-0.2, -0.15) is 0 Å². The maximum absolute atomic E-state index is 9.66. The van der Waals surface area contributed by atoms with Crippen LogP contribution in [-0.2, 0) is 6.42 Å². The van der Waals surface area contributed by atoms with Crippen molar-refractivity contribution < 1.29 is 5.11 Å². The lowest BCUT2D eigenvalue weighted by Crippen LogP contribution is -2.14. The predicted molar refractivity (Wildman–Crippen MR) is 65.7 cm³/mol. The third kappa shape index (κ3) is 2.30. The smallest absolute Gasteiger partial charge is 0.133 e. The lowest BCUT2D eigenvalue weighted by atomic mass is 10.2. The molecule has 80 valence electrons. The number of phenols is 1. The molecule has 0 saturated heterocycles. The van der Waals surface area contributed by atoms with Gasteiger partial charge in [-0.25, -0.2) is 0 Å². The van der Waals surface area contributed by atoms with Crippen LogP contribution in [0.2, 0.25) is 0 Å². The lowest BCUT2D eigenvalue weighted by Gasteiger charge is -2.06. The first-order valence-corrected chi connectivity index (χ1v) is 5.83. The molecule has 15 heavy (non-hydrogen) atoms. The summed E-state index contributed by atoms with van der Waals surface area (Å²) >= 11 is 1.69. The molecule has 0 aliphatic rings. The summed E-state index contributed by atoms with van der Waals surface area (Å²) in [7, 11) is 4.15. The molecular formula is C12H15NOS. The highest BCUT2D eigenvalue weighted by molar-refractivity contribution is 7.19. The molecule has 2 rings (SSSR count). The fourth-order valence-electron chi connectivity index (χ4n) is 1.56. The van der Waals surface area contributed by atoms with Crippen molar-refractivity contribution in [2.45, 2.75) is 6.42 Å². The molecule has 1 heterocycles. The van der Waals surface area contributed by atoms with Gasteiger partial charge in [0.15, 0.2) is 0 Å². The Labute approximate surface area is 93.8 Å². The Kier molecular flexibility index (Phi) is 2.93. The van der Waals surface area contributed by atoms with E-state index >= 15 is 0 Å². The summed E-state index contributed by atoms with van der Waals surface area (Å²) in [6.45, 7) is 1.05. The molecule has 0 spiro atoms. The van der Waals surface area contributed by atoms with E-state index in [1.807, 2.05) is 12.1 Å². The van der Waals surface area contributed by atoms with Gasteiger partial charge in [-0.1, -0.05) is 12.1 Å². The van der Waals surface area contributed by atoms with Crippen LogP contribution in [0.25, 0.3) is 10.1 Å². The molecule has 3 heteroatoms. The van der Waals surface area contributed by atoms with Gasteiger partial charge in [-0.15, -0.1) is 11.3 Å². The van der Waals surface area contributed by atoms with Crippen molar-refractivity contribution >= 4 is 21.4 Å². The zero-order valence-electron chi connectivity index (χ0n) is 9.03. The standard InChI is InChI=1S/C12H15NOS/c1-13(2)7-6-10-8-9-4-3-5-11(14)12(9)15-10/h3-5,8,14H,6-7H2,1-2H3. The van der Waals surface area contributed by atoms with Crippen LogP contribution < -0.4 is 0 Å². The number of benzene rings is 1. The van der Waals surface area contributed by atoms with E-state index in [1.54, 1.807) is 17.4 Å². The molecule has 1 aromatic heterocycles. The molecule has 0 amide bonds. The number of hydrogen-bond donors (Lipinski definition) is 1. The van der Waals surface area contributed by atoms with Crippen molar-refractivity contribution in [3.63, 3.8) is 0 Å². The largest absolute Gasteiger partial charge is 0.506 e. The first-order chi connectivity index (χ1) is 7.16. The number of aromatic hydroxyl groups is 1. The molecule has 0 fully saturated rings. The van der Waals surface area contributed by atoms with Crippen LogP contribution in [-0.4, -0.2) is 30.6 Å². The summed E-state index contributed by atoms with van der Waals surface area (Å²) in [5, 5.41) is 10.8. The Morgan fingerprint density at radius 2 is 2.13 bits per heavy atom. The van der Waals surface area contributed by atoms with E-state index in [0.717, 1.165) is 23.1 Å². The molecule has 0 aliphatic heterocycles. The van der Waals surface area contributed by atoms with Gasteiger partial charge in [-0.05, 0) is 38.0 Å². The summed E-state index contributed by atoms with van der Waals surface area (Å²) in [5.41, 5.74) is 0. The van der Waals surface area contributed by atoms with Gasteiger partial charge in [0.2, 0.25) is 0 Å². The monoisotopic (exact) mass is 221 g/mol. The van der Waals surface area contributed by atoms with E-state index in [2.05, 4.69) is 25.1 Å². The number of thiophene rings is 1. The van der Waals surface area contributed by atoms with Crippen LogP contribution in [0, 0.1) is 0 Å². The van der Waals surface area contributed by atoms with E-state index in [1.165, 1.54) is 4.88 Å². The van der Waals surface area contributed by atoms with Gasteiger partial charge in [0.05, 0.1) is 4.70 Å². The second-order valence-corrected chi connectivity index (χ2v) is 5.10. The third-order valence-electron chi connectivity index (χ3n) is 2.38. The van der Waals surface area contributed by atoms with E-state index in [9.17, 15) is 5.11 Å². The SMILES string of the molecule is CN(C)CCc1cc2cccc(O)c2s1. The highest BCUT2D eigenvalue weighted by atomic mass is 32.1. The number of phenolic OH excluding ortho intramolecular Hbond substituents is 1. The van der Waals surface area contributed by atoms with Crippen LogP contribution in [0.1, 0.15) is 4.88 Å². The van der Waals surface area contributed by atoms with E-state index in [0.29, 0.717) is 5.75 Å². The quantitative estimate of drug-likeness (QED) is 0.861. The van der Waals surface area contributed by atoms with E-state index in [4.69, 9.17) is 0 Å². The minimum atomic E-state index is 0.397. The molecule has 0 bridgehead atoms. The number of hydrogen-bond acceptors (Lipinski definition) is 3. The van der Waals surface area contributed by atoms with Crippen LogP contribution in [0.5, 0.6) is 5.75 Å². The highest BCUT2D eigenvalue weighted by Crippen LogP contribution is 2.32. The number of fused-ring (bicyclic) bond motifs is 1. The van der Waals surface area contributed by atoms with Crippen molar-refractivity contribution in [2.24, 2.45) is 0 Å². The molecule has 0 radical (unpaired) electrons. The first-order valence-electron chi connectivity index (χ1n) is 5.02. The van der Waals surface area contributed by atoms with Gasteiger partial charge in [0.1, 0.15) is 5.75 Å². The Morgan fingerprint density at radius 3 is 2.80 bits per heavy atom. The summed E-state index contributed by atoms with van der Waals surface area (Å²) < 4.78 is 1.01. The maximum Gasteiger partial charge on any atom is 0.133 e. The summed E-state index contributed by atoms with van der Waals surface area (Å²) in [5.74, 6) is 0.397. The average Bonchev–Trinajstić information content (AvgIpc) is 2.59. The molecule has 0 unspecified atom stereocenters. The zero-order chi connectivity index (χ0) is 10.8. The van der Waals surface area contributed by atoms with Crippen LogP contribution in [0.4, 0.5) is 0 Å². The second kappa shape index (κ2) is 4.21. The van der Waals surface area contributed by atoms with Crippen LogP contribution in [0.15, 0.2) is 24.3 Å². The molecule has 0 atom stereocenters. The van der Waals surface area contributed by atoms with Crippen molar-refractivity contribution in [1.82, 2.24) is 4.90 Å². The first kappa shape index (κ1) is 10.5. The normalized spacial score (nSPS) is 11.4. The number of rotatable bonds is 3. The summed E-state index contributed by atoms with van der Waals surface area (Å²) in [6, 6.07) is 7.85. The van der Waals surface area contributed by atoms with Crippen LogP contribution >= 0.6 is 11.3 Å². The fraction of sp³-hybridized carbons (Fsp3) is 0.333. The Balaban J connectivity index is 2.27. The Hall–Kier alpha value is -1.06. The average molecular weight is 221 g/mol. The molecule has 1 N–H and O–H groups in total. The predicted octanol–water partition coefficient (Wildman–Crippen LogP) is 2.71. The van der Waals surface area contributed by atoms with Crippen molar-refractivity contribution in [3.05, 3.63) is 29.1 Å². The minimum Gasteiger partial charge on any atom is -0.506 e. The Bertz CT molecular complexity index is 462. The van der Waals surface area contributed by atoms with Gasteiger partial charge in [-0.3, -0.25) is 0 Å². The minimum absolute atomic E-state index is 0.397. The van der Waals surface area contributed by atoms with Gasteiger partial charge in [0, 0.05) is 11.4 Å². The van der Waals surface area contributed by atoms with Gasteiger partial charge in [0.25, 0.3) is 0 Å². The Morgan fingerprint density at radius 1 is 1.33 bits per heavy atom. The molecule has 0 aliphatic carbocycles. The van der Waals surface area contributed by atoms with Crippen molar-refractivity contribution in [2.75, 3.05) is 20.6 Å². The molecule has 0 saturated carbocycles. The summed E-state index contributed by atoms with van der Waals surface area (Å²) in [6.07, 6.45) is 1.05. The van der Waals surface area contributed by atoms with Crippen molar-refractivity contribution in [3.8, 4) is 5.75 Å². The molecule has 1 aromatic carbocycles. The number of nitrogens with zero attached hydrogens (tertiary/aromatic N) is 1. The highest BCUT2D eigenvalue weighted by Gasteiger charge is 2.05. The topological polar surface area (TPSA) is 23.5 Å². The summed E-state index contributed by atoms with van der Waals surface area (Å²) in [4.78, 5) is 3.50. The van der Waals surface area contributed by atoms with E-state index < -0.39 is 0 Å². The molecular weight excluding hydrogens is 206 g/mol. The lowest BCUT2D eigenvalue weighted by molar-refractivity contribution is 0.415. The fourth-order valence-corrected chi connectivity index (χ4v) is 2.62.